The first kappa shape index (κ1) is 21.8. The highest BCUT2D eigenvalue weighted by atomic mass is 16.7. The van der Waals surface area contributed by atoms with Crippen LogP contribution in [0.1, 0.15) is 44.1 Å². The number of ketones is 1. The summed E-state index contributed by atoms with van der Waals surface area (Å²) in [6.07, 6.45) is 7.83. The van der Waals surface area contributed by atoms with E-state index < -0.39 is 0 Å². The van der Waals surface area contributed by atoms with Gasteiger partial charge in [0.15, 0.2) is 17.3 Å². The lowest BCUT2D eigenvalue weighted by atomic mass is 9.80. The van der Waals surface area contributed by atoms with Gasteiger partial charge >= 0.3 is 0 Å². The number of carbonyl (C=O) groups excluding carboxylic acids is 1. The van der Waals surface area contributed by atoms with Gasteiger partial charge in [-0.05, 0) is 49.4 Å². The molecular weight excluding hydrogens is 426 g/mol. The molecule has 2 aromatic carbocycles. The van der Waals surface area contributed by atoms with E-state index in [1.807, 2.05) is 12.1 Å². The van der Waals surface area contributed by atoms with Gasteiger partial charge in [-0.3, -0.25) is 9.69 Å². The van der Waals surface area contributed by atoms with E-state index in [2.05, 4.69) is 45.4 Å². The summed E-state index contributed by atoms with van der Waals surface area (Å²) in [6.45, 7) is 3.83. The molecule has 6 rings (SSSR count). The monoisotopic (exact) mass is 461 g/mol. The van der Waals surface area contributed by atoms with Crippen molar-refractivity contribution in [1.29, 1.82) is 0 Å². The van der Waals surface area contributed by atoms with E-state index in [1.165, 1.54) is 30.5 Å². The van der Waals surface area contributed by atoms with Gasteiger partial charge in [0.25, 0.3) is 0 Å². The van der Waals surface area contributed by atoms with Crippen LogP contribution in [0, 0.1) is 5.92 Å². The number of benzene rings is 2. The number of carbonyl (C=O) groups is 1. The van der Waals surface area contributed by atoms with Gasteiger partial charge in [0.2, 0.25) is 6.79 Å². The van der Waals surface area contributed by atoms with Crippen LogP contribution in [0.15, 0.2) is 42.5 Å². The molecular formula is C28H35N3O3. The fourth-order valence-electron chi connectivity index (χ4n) is 6.37. The molecule has 6 heteroatoms. The Kier molecular flexibility index (Phi) is 6.08. The summed E-state index contributed by atoms with van der Waals surface area (Å²) in [5, 5.41) is 3.78. The number of fused-ring (bicyclic) bond motifs is 2. The highest BCUT2D eigenvalue weighted by molar-refractivity contribution is 5.88. The van der Waals surface area contributed by atoms with Crippen molar-refractivity contribution in [1.82, 2.24) is 4.90 Å². The number of hydrogen-bond acceptors (Lipinski definition) is 6. The summed E-state index contributed by atoms with van der Waals surface area (Å²) in [5.74, 6) is 2.38. The van der Waals surface area contributed by atoms with Gasteiger partial charge in [0.1, 0.15) is 0 Å². The molecule has 34 heavy (non-hydrogen) atoms. The number of rotatable bonds is 5. The zero-order valence-corrected chi connectivity index (χ0v) is 19.9. The van der Waals surface area contributed by atoms with Crippen LogP contribution < -0.4 is 19.7 Å². The second kappa shape index (κ2) is 9.49. The third-order valence-corrected chi connectivity index (χ3v) is 8.19. The van der Waals surface area contributed by atoms with Gasteiger partial charge in [-0.15, -0.1) is 0 Å². The molecule has 1 saturated carbocycles. The molecule has 2 aromatic rings. The summed E-state index contributed by atoms with van der Waals surface area (Å²) in [5.41, 5.74) is 3.68. The normalized spacial score (nSPS) is 23.8. The number of nitrogens with zero attached hydrogens (tertiary/aromatic N) is 2. The Hall–Kier alpha value is -2.73. The fourth-order valence-corrected chi connectivity index (χ4v) is 6.37. The third kappa shape index (κ3) is 4.13. The smallest absolute Gasteiger partial charge is 0.231 e. The lowest BCUT2D eigenvalue weighted by molar-refractivity contribution is -0.130. The quantitative estimate of drug-likeness (QED) is 0.709. The second-order valence-corrected chi connectivity index (χ2v) is 10.2. The topological polar surface area (TPSA) is 54.0 Å². The third-order valence-electron chi connectivity index (χ3n) is 8.19. The van der Waals surface area contributed by atoms with Crippen molar-refractivity contribution >= 4 is 17.2 Å². The summed E-state index contributed by atoms with van der Waals surface area (Å²) < 4.78 is 11.3. The number of hydrogen-bond donors (Lipinski definition) is 1. The van der Waals surface area contributed by atoms with Crippen molar-refractivity contribution in [3.8, 4) is 11.5 Å². The largest absolute Gasteiger partial charge is 0.454 e. The van der Waals surface area contributed by atoms with Gasteiger partial charge in [-0.25, -0.2) is 0 Å². The van der Waals surface area contributed by atoms with E-state index in [0.29, 0.717) is 12.6 Å². The molecule has 4 aliphatic rings. The maximum atomic E-state index is 14.0. The second-order valence-electron chi connectivity index (χ2n) is 10.2. The Balaban J connectivity index is 1.21. The number of piperazine rings is 1. The predicted octanol–water partition coefficient (Wildman–Crippen LogP) is 4.48. The number of Topliss-reactive ketones (excluding diaryl/α,β-unsaturated/α-hetero) is 1. The highest BCUT2D eigenvalue weighted by Gasteiger charge is 2.40. The van der Waals surface area contributed by atoms with E-state index >= 15 is 0 Å². The van der Waals surface area contributed by atoms with Crippen molar-refractivity contribution in [3.63, 3.8) is 0 Å². The zero-order chi connectivity index (χ0) is 22.9. The van der Waals surface area contributed by atoms with E-state index in [4.69, 9.17) is 9.47 Å². The first-order valence-electron chi connectivity index (χ1n) is 13.0. The predicted molar refractivity (Wildman–Crippen MR) is 134 cm³/mol. The van der Waals surface area contributed by atoms with Crippen LogP contribution in [0.4, 0.5) is 11.4 Å². The minimum Gasteiger partial charge on any atom is -0.454 e. The van der Waals surface area contributed by atoms with Crippen molar-refractivity contribution in [2.24, 2.45) is 5.92 Å². The molecule has 0 radical (unpaired) electrons. The Labute approximate surface area is 202 Å². The van der Waals surface area contributed by atoms with Crippen molar-refractivity contribution < 1.29 is 14.3 Å². The van der Waals surface area contributed by atoms with Crippen LogP contribution in [0.5, 0.6) is 11.5 Å². The minimum absolute atomic E-state index is 0.0559. The van der Waals surface area contributed by atoms with Crippen LogP contribution in [0.25, 0.3) is 0 Å². The summed E-state index contributed by atoms with van der Waals surface area (Å²) in [7, 11) is 0. The summed E-state index contributed by atoms with van der Waals surface area (Å²) >= 11 is 0. The molecule has 0 amide bonds. The van der Waals surface area contributed by atoms with E-state index in [1.54, 1.807) is 0 Å². The molecule has 3 aliphatic heterocycles. The van der Waals surface area contributed by atoms with Gasteiger partial charge < -0.3 is 19.7 Å². The lowest BCUT2D eigenvalue weighted by Crippen LogP contribution is -2.60. The number of anilines is 2. The molecule has 0 bridgehead atoms. The van der Waals surface area contributed by atoms with Gasteiger partial charge in [0.05, 0.1) is 11.7 Å². The molecule has 1 saturated heterocycles. The van der Waals surface area contributed by atoms with Crippen molar-refractivity contribution in [3.05, 3.63) is 48.0 Å². The first-order valence-corrected chi connectivity index (χ1v) is 13.0. The minimum atomic E-state index is -0.0559. The van der Waals surface area contributed by atoms with Crippen LogP contribution >= 0.6 is 0 Å². The molecule has 1 aliphatic carbocycles. The molecule has 0 spiro atoms. The molecule has 2 unspecified atom stereocenters. The average Bonchev–Trinajstić information content (AvgIpc) is 3.39. The molecule has 0 aromatic heterocycles. The van der Waals surface area contributed by atoms with Crippen molar-refractivity contribution in [2.45, 2.75) is 57.0 Å². The maximum absolute atomic E-state index is 14.0. The van der Waals surface area contributed by atoms with E-state index in [9.17, 15) is 4.79 Å². The number of para-hydroxylation sites is 2. The van der Waals surface area contributed by atoms with Gasteiger partial charge in [-0.2, -0.15) is 0 Å². The van der Waals surface area contributed by atoms with Crippen LogP contribution in [0.3, 0.4) is 0 Å². The molecule has 1 N–H and O–H groups in total. The Bertz CT molecular complexity index is 1030. The summed E-state index contributed by atoms with van der Waals surface area (Å²) in [4.78, 5) is 18.8. The zero-order valence-electron chi connectivity index (χ0n) is 19.9. The van der Waals surface area contributed by atoms with Gasteiger partial charge in [0, 0.05) is 43.8 Å². The van der Waals surface area contributed by atoms with E-state index in [0.717, 1.165) is 69.0 Å². The molecule has 6 nitrogen and oxygen atoms in total. The van der Waals surface area contributed by atoms with Gasteiger partial charge in [-0.1, -0.05) is 43.5 Å². The van der Waals surface area contributed by atoms with Crippen LogP contribution in [-0.4, -0.2) is 55.7 Å². The Morgan fingerprint density at radius 2 is 1.74 bits per heavy atom. The summed E-state index contributed by atoms with van der Waals surface area (Å²) in [6, 6.07) is 14.8. The molecule has 2 atom stereocenters. The van der Waals surface area contributed by atoms with Crippen LogP contribution in [0.2, 0.25) is 0 Å². The fraction of sp³-hybridized carbons (Fsp3) is 0.536. The SMILES string of the molecule is O=C(C1CCCCC1)C(C1CCc2ccccc2N1)N1CCN(c2cccc3c2OCO3)CC1. The number of ether oxygens (including phenoxy) is 2. The standard InChI is InChI=1S/C28H35N3O3/c32-27(21-8-2-1-3-9-21)26(23-14-13-20-7-4-5-10-22(20)29-23)31-17-15-30(16-18-31)24-11-6-12-25-28(24)34-19-33-25/h4-7,10-12,21,23,26,29H,1-3,8-9,13-19H2. The maximum Gasteiger partial charge on any atom is 0.231 e. The lowest BCUT2D eigenvalue weighted by Gasteiger charge is -2.45. The van der Waals surface area contributed by atoms with Crippen molar-refractivity contribution in [2.75, 3.05) is 43.2 Å². The number of aryl methyl sites for hydroxylation is 1. The average molecular weight is 462 g/mol. The molecule has 180 valence electrons. The van der Waals surface area contributed by atoms with Crippen LogP contribution in [-0.2, 0) is 11.2 Å². The Morgan fingerprint density at radius 3 is 2.59 bits per heavy atom. The highest BCUT2D eigenvalue weighted by Crippen LogP contribution is 2.41. The molecule has 2 fully saturated rings. The Morgan fingerprint density at radius 1 is 0.912 bits per heavy atom. The van der Waals surface area contributed by atoms with E-state index in [-0.39, 0.29) is 18.0 Å². The molecule has 3 heterocycles. The first-order chi connectivity index (χ1) is 16.8. The number of nitrogens with one attached hydrogen (secondary N) is 1.